The van der Waals surface area contributed by atoms with Gasteiger partial charge in [-0.1, -0.05) is 15.9 Å². The SMILES string of the molecule is CCN(Cc1cc(Br)ccc1F)C(=O)C(C)S(=O)(=O)C(C)C. The highest BCUT2D eigenvalue weighted by Crippen LogP contribution is 2.19. The first kappa shape index (κ1) is 19.1. The quantitative estimate of drug-likeness (QED) is 0.745. The van der Waals surface area contributed by atoms with E-state index in [4.69, 9.17) is 0 Å². The number of hydrogen-bond donors (Lipinski definition) is 0. The Balaban J connectivity index is 3.01. The summed E-state index contributed by atoms with van der Waals surface area (Å²) in [7, 11) is -3.54. The predicted octanol–water partition coefficient (Wildman–Crippen LogP) is 3.15. The second-order valence-electron chi connectivity index (χ2n) is 5.37. The Morgan fingerprint density at radius 3 is 2.41 bits per heavy atom. The molecule has 0 aromatic heterocycles. The summed E-state index contributed by atoms with van der Waals surface area (Å²) in [6.07, 6.45) is 0. The Labute approximate surface area is 139 Å². The van der Waals surface area contributed by atoms with Gasteiger partial charge in [0.15, 0.2) is 9.84 Å². The highest BCUT2D eigenvalue weighted by molar-refractivity contribution is 9.10. The summed E-state index contributed by atoms with van der Waals surface area (Å²) in [5.41, 5.74) is 0.346. The summed E-state index contributed by atoms with van der Waals surface area (Å²) >= 11 is 3.26. The molecule has 0 fully saturated rings. The molecule has 1 unspecified atom stereocenters. The van der Waals surface area contributed by atoms with Crippen LogP contribution in [0.15, 0.2) is 22.7 Å². The highest BCUT2D eigenvalue weighted by atomic mass is 79.9. The standard InChI is InChI=1S/C15H21BrFNO3S/c1-5-18(9-12-8-13(16)6-7-14(12)17)15(19)11(4)22(20,21)10(2)3/h6-8,10-11H,5,9H2,1-4H3. The smallest absolute Gasteiger partial charge is 0.240 e. The monoisotopic (exact) mass is 393 g/mol. The van der Waals surface area contributed by atoms with Gasteiger partial charge in [-0.3, -0.25) is 4.79 Å². The minimum absolute atomic E-state index is 0.0402. The maximum Gasteiger partial charge on any atom is 0.240 e. The summed E-state index contributed by atoms with van der Waals surface area (Å²) < 4.78 is 38.8. The number of benzene rings is 1. The van der Waals surface area contributed by atoms with Gasteiger partial charge in [-0.15, -0.1) is 0 Å². The molecule has 0 aliphatic carbocycles. The molecule has 124 valence electrons. The van der Waals surface area contributed by atoms with E-state index in [1.54, 1.807) is 32.9 Å². The van der Waals surface area contributed by atoms with Crippen molar-refractivity contribution >= 4 is 31.7 Å². The van der Waals surface area contributed by atoms with Crippen LogP contribution in [-0.2, 0) is 21.2 Å². The van der Waals surface area contributed by atoms with Crippen LogP contribution in [0, 0.1) is 5.82 Å². The molecular weight excluding hydrogens is 373 g/mol. The molecule has 22 heavy (non-hydrogen) atoms. The third-order valence-electron chi connectivity index (χ3n) is 3.56. The number of halogens is 2. The van der Waals surface area contributed by atoms with Crippen LogP contribution in [0.1, 0.15) is 33.3 Å². The van der Waals surface area contributed by atoms with Crippen LogP contribution in [0.3, 0.4) is 0 Å². The normalized spacial score (nSPS) is 13.2. The van der Waals surface area contributed by atoms with Crippen LogP contribution in [0.5, 0.6) is 0 Å². The molecule has 0 aliphatic rings. The van der Waals surface area contributed by atoms with Gasteiger partial charge in [0.25, 0.3) is 0 Å². The van der Waals surface area contributed by atoms with E-state index in [1.165, 1.54) is 17.9 Å². The summed E-state index contributed by atoms with van der Waals surface area (Å²) in [5.74, 6) is -0.926. The molecule has 1 amide bonds. The lowest BCUT2D eigenvalue weighted by molar-refractivity contribution is -0.130. The molecule has 7 heteroatoms. The van der Waals surface area contributed by atoms with Crippen LogP contribution in [0.25, 0.3) is 0 Å². The van der Waals surface area contributed by atoms with E-state index in [1.807, 2.05) is 0 Å². The van der Waals surface area contributed by atoms with E-state index in [9.17, 15) is 17.6 Å². The molecule has 0 radical (unpaired) electrons. The topological polar surface area (TPSA) is 54.5 Å². The van der Waals surface area contributed by atoms with Crippen molar-refractivity contribution in [2.75, 3.05) is 6.54 Å². The van der Waals surface area contributed by atoms with Crippen LogP contribution in [-0.4, -0.2) is 36.3 Å². The molecule has 0 spiro atoms. The van der Waals surface area contributed by atoms with Crippen molar-refractivity contribution in [1.29, 1.82) is 0 Å². The third kappa shape index (κ3) is 4.29. The van der Waals surface area contributed by atoms with Crippen molar-refractivity contribution in [1.82, 2.24) is 4.90 Å². The molecular formula is C15H21BrFNO3S. The Morgan fingerprint density at radius 1 is 1.32 bits per heavy atom. The molecule has 0 bridgehead atoms. The fourth-order valence-corrected chi connectivity index (χ4v) is 3.68. The molecule has 4 nitrogen and oxygen atoms in total. The molecule has 1 atom stereocenters. The number of rotatable bonds is 6. The average Bonchev–Trinajstić information content (AvgIpc) is 2.46. The molecule has 1 aromatic carbocycles. The van der Waals surface area contributed by atoms with Gasteiger partial charge in [-0.2, -0.15) is 0 Å². The molecule has 0 saturated heterocycles. The lowest BCUT2D eigenvalue weighted by atomic mass is 10.2. The molecule has 0 heterocycles. The van der Waals surface area contributed by atoms with Crippen molar-refractivity contribution in [3.05, 3.63) is 34.1 Å². The number of amides is 1. The Hall–Kier alpha value is -0.950. The van der Waals surface area contributed by atoms with Gasteiger partial charge in [-0.05, 0) is 45.9 Å². The lowest BCUT2D eigenvalue weighted by Crippen LogP contribution is -2.43. The van der Waals surface area contributed by atoms with Gasteiger partial charge in [0.05, 0.1) is 5.25 Å². The number of sulfone groups is 1. The first-order chi connectivity index (χ1) is 10.1. The van der Waals surface area contributed by atoms with E-state index in [0.29, 0.717) is 16.6 Å². The first-order valence-corrected chi connectivity index (χ1v) is 9.46. The van der Waals surface area contributed by atoms with E-state index < -0.39 is 32.1 Å². The zero-order valence-corrected chi connectivity index (χ0v) is 15.5. The maximum atomic E-state index is 13.8. The Kier molecular flexibility index (Phi) is 6.55. The van der Waals surface area contributed by atoms with E-state index >= 15 is 0 Å². The zero-order chi connectivity index (χ0) is 17.1. The Morgan fingerprint density at radius 2 is 1.91 bits per heavy atom. The first-order valence-electron chi connectivity index (χ1n) is 7.06. The van der Waals surface area contributed by atoms with Crippen LogP contribution >= 0.6 is 15.9 Å². The number of nitrogens with zero attached hydrogens (tertiary/aromatic N) is 1. The molecule has 0 saturated carbocycles. The van der Waals surface area contributed by atoms with Gasteiger partial charge in [-0.25, -0.2) is 12.8 Å². The van der Waals surface area contributed by atoms with Crippen molar-refractivity contribution in [2.24, 2.45) is 0 Å². The maximum absolute atomic E-state index is 13.8. The third-order valence-corrected chi connectivity index (χ3v) is 6.55. The average molecular weight is 394 g/mol. The van der Waals surface area contributed by atoms with E-state index in [0.717, 1.165) is 0 Å². The fraction of sp³-hybridized carbons (Fsp3) is 0.533. The van der Waals surface area contributed by atoms with Crippen molar-refractivity contribution in [3.63, 3.8) is 0 Å². The van der Waals surface area contributed by atoms with Gasteiger partial charge in [0.2, 0.25) is 5.91 Å². The fourth-order valence-electron chi connectivity index (χ4n) is 2.02. The Bertz CT molecular complexity index is 646. The molecule has 1 aromatic rings. The minimum Gasteiger partial charge on any atom is -0.337 e. The zero-order valence-electron chi connectivity index (χ0n) is 13.1. The summed E-state index contributed by atoms with van der Waals surface area (Å²) in [6, 6.07) is 4.47. The predicted molar refractivity (Wildman–Crippen MR) is 88.7 cm³/mol. The lowest BCUT2D eigenvalue weighted by Gasteiger charge is -2.25. The minimum atomic E-state index is -3.54. The van der Waals surface area contributed by atoms with Gasteiger partial charge >= 0.3 is 0 Å². The molecule has 0 aliphatic heterocycles. The van der Waals surface area contributed by atoms with Gasteiger partial charge in [0.1, 0.15) is 11.1 Å². The molecule has 1 rings (SSSR count). The van der Waals surface area contributed by atoms with Gasteiger partial charge in [0, 0.05) is 23.1 Å². The van der Waals surface area contributed by atoms with Crippen molar-refractivity contribution < 1.29 is 17.6 Å². The number of carbonyl (C=O) groups excluding carboxylic acids is 1. The largest absolute Gasteiger partial charge is 0.337 e. The summed E-state index contributed by atoms with van der Waals surface area (Å²) in [5, 5.41) is -1.77. The second-order valence-corrected chi connectivity index (χ2v) is 9.11. The highest BCUT2D eigenvalue weighted by Gasteiger charge is 2.33. The number of hydrogen-bond acceptors (Lipinski definition) is 3. The number of carbonyl (C=O) groups is 1. The van der Waals surface area contributed by atoms with E-state index in [2.05, 4.69) is 15.9 Å². The van der Waals surface area contributed by atoms with Crippen LogP contribution in [0.4, 0.5) is 4.39 Å². The second kappa shape index (κ2) is 7.55. The molecule has 0 N–H and O–H groups in total. The summed E-state index contributed by atoms with van der Waals surface area (Å²) in [6.45, 7) is 6.56. The van der Waals surface area contributed by atoms with Crippen LogP contribution in [0.2, 0.25) is 0 Å². The summed E-state index contributed by atoms with van der Waals surface area (Å²) in [4.78, 5) is 13.8. The van der Waals surface area contributed by atoms with Gasteiger partial charge < -0.3 is 4.90 Å². The van der Waals surface area contributed by atoms with Crippen molar-refractivity contribution in [3.8, 4) is 0 Å². The van der Waals surface area contributed by atoms with Crippen LogP contribution < -0.4 is 0 Å². The van der Waals surface area contributed by atoms with E-state index in [-0.39, 0.29) is 6.54 Å². The van der Waals surface area contributed by atoms with Crippen molar-refractivity contribution in [2.45, 2.75) is 44.7 Å².